The molecule has 1 fully saturated rings. The summed E-state index contributed by atoms with van der Waals surface area (Å²) in [6.07, 6.45) is 4.90. The summed E-state index contributed by atoms with van der Waals surface area (Å²) in [4.78, 5) is 2.51. The molecule has 3 unspecified atom stereocenters. The minimum atomic E-state index is 0.307. The summed E-state index contributed by atoms with van der Waals surface area (Å²) in [6, 6.07) is 0.664. The number of rotatable bonds is 7. The summed E-state index contributed by atoms with van der Waals surface area (Å²) in [6.45, 7) is 13.0. The third-order valence-electron chi connectivity index (χ3n) is 5.15. The molecule has 3 atom stereocenters. The fourth-order valence-corrected chi connectivity index (χ4v) is 3.64. The maximum atomic E-state index is 9.02. The van der Waals surface area contributed by atoms with Gasteiger partial charge in [0.25, 0.3) is 0 Å². The second-order valence-corrected chi connectivity index (χ2v) is 7.50. The number of hydrogen-bond acceptors (Lipinski definition) is 3. The van der Waals surface area contributed by atoms with Crippen LogP contribution < -0.4 is 5.32 Å². The predicted octanol–water partition coefficient (Wildman–Crippen LogP) is 2.74. The van der Waals surface area contributed by atoms with Crippen LogP contribution in [0.5, 0.6) is 0 Å². The van der Waals surface area contributed by atoms with Crippen LogP contribution in [0.15, 0.2) is 0 Å². The highest BCUT2D eigenvalue weighted by molar-refractivity contribution is 4.89. The lowest BCUT2D eigenvalue weighted by Gasteiger charge is -2.43. The second-order valence-electron chi connectivity index (χ2n) is 7.50. The largest absolute Gasteiger partial charge is 0.396 e. The monoisotopic (exact) mass is 284 g/mol. The molecule has 1 aliphatic carbocycles. The molecule has 1 aliphatic rings. The van der Waals surface area contributed by atoms with Gasteiger partial charge in [-0.05, 0) is 56.5 Å². The Labute approximate surface area is 126 Å². The van der Waals surface area contributed by atoms with Crippen LogP contribution in [0.4, 0.5) is 0 Å². The van der Waals surface area contributed by atoms with Crippen LogP contribution in [-0.2, 0) is 0 Å². The first-order chi connectivity index (χ1) is 9.42. The summed E-state index contributed by atoms with van der Waals surface area (Å²) in [5, 5.41) is 12.6. The third kappa shape index (κ3) is 5.34. The number of hydrogen-bond donors (Lipinski definition) is 2. The van der Waals surface area contributed by atoms with Crippen molar-refractivity contribution in [2.45, 2.75) is 59.4 Å². The maximum Gasteiger partial charge on any atom is 0.0443 e. The number of nitrogens with one attached hydrogen (secondary N) is 1. The van der Waals surface area contributed by atoms with E-state index in [1.165, 1.54) is 25.8 Å². The Balaban J connectivity index is 2.61. The summed E-state index contributed by atoms with van der Waals surface area (Å²) >= 11 is 0. The Morgan fingerprint density at radius 1 is 1.25 bits per heavy atom. The molecule has 0 spiro atoms. The fraction of sp³-hybridized carbons (Fsp3) is 1.00. The van der Waals surface area contributed by atoms with Gasteiger partial charge in [-0.3, -0.25) is 0 Å². The molecule has 0 radical (unpaired) electrons. The van der Waals surface area contributed by atoms with Crippen molar-refractivity contribution in [1.29, 1.82) is 0 Å². The van der Waals surface area contributed by atoms with Crippen molar-refractivity contribution in [2.75, 3.05) is 33.3 Å². The van der Waals surface area contributed by atoms with Crippen molar-refractivity contribution >= 4 is 0 Å². The highest BCUT2D eigenvalue weighted by atomic mass is 16.3. The molecule has 120 valence electrons. The Hall–Kier alpha value is -0.120. The normalized spacial score (nSPS) is 28.1. The van der Waals surface area contributed by atoms with E-state index in [9.17, 15) is 0 Å². The zero-order valence-electron chi connectivity index (χ0n) is 14.3. The van der Waals surface area contributed by atoms with Gasteiger partial charge >= 0.3 is 0 Å². The second kappa shape index (κ2) is 8.35. The first-order valence-electron chi connectivity index (χ1n) is 8.42. The molecule has 0 heterocycles. The third-order valence-corrected chi connectivity index (χ3v) is 5.15. The zero-order valence-corrected chi connectivity index (χ0v) is 14.3. The Bertz CT molecular complexity index is 262. The predicted molar refractivity (Wildman–Crippen MR) is 87.0 cm³/mol. The molecule has 0 saturated heterocycles. The smallest absolute Gasteiger partial charge is 0.0443 e. The van der Waals surface area contributed by atoms with Crippen LogP contribution >= 0.6 is 0 Å². The molecule has 0 aromatic rings. The number of aliphatic hydroxyl groups excluding tert-OH is 1. The van der Waals surface area contributed by atoms with Gasteiger partial charge in [0.15, 0.2) is 0 Å². The number of aliphatic hydroxyl groups is 1. The van der Waals surface area contributed by atoms with Crippen molar-refractivity contribution in [1.82, 2.24) is 10.2 Å². The van der Waals surface area contributed by atoms with E-state index in [1.54, 1.807) is 0 Å². The average molecular weight is 284 g/mol. The highest BCUT2D eigenvalue weighted by Crippen LogP contribution is 2.40. The van der Waals surface area contributed by atoms with Crippen molar-refractivity contribution in [3.05, 3.63) is 0 Å². The van der Waals surface area contributed by atoms with E-state index in [2.05, 4.69) is 45.0 Å². The maximum absolute atomic E-state index is 9.02. The summed E-state index contributed by atoms with van der Waals surface area (Å²) in [5.74, 6) is 1.59. The van der Waals surface area contributed by atoms with Gasteiger partial charge in [0, 0.05) is 25.7 Å². The Morgan fingerprint density at radius 2 is 1.95 bits per heavy atom. The van der Waals surface area contributed by atoms with Crippen LogP contribution in [-0.4, -0.2) is 49.3 Å². The average Bonchev–Trinajstić information content (AvgIpc) is 2.42. The van der Waals surface area contributed by atoms with Gasteiger partial charge in [-0.25, -0.2) is 0 Å². The molecule has 0 aromatic heterocycles. The molecule has 0 bridgehead atoms. The molecular weight excluding hydrogens is 248 g/mol. The minimum absolute atomic E-state index is 0.307. The summed E-state index contributed by atoms with van der Waals surface area (Å²) in [5.41, 5.74) is 0.430. The van der Waals surface area contributed by atoms with Crippen molar-refractivity contribution in [3.63, 3.8) is 0 Å². The van der Waals surface area contributed by atoms with E-state index in [0.717, 1.165) is 31.3 Å². The Kier molecular flexibility index (Phi) is 7.49. The lowest BCUT2D eigenvalue weighted by atomic mass is 9.67. The van der Waals surface area contributed by atoms with Gasteiger partial charge in [-0.1, -0.05) is 27.7 Å². The lowest BCUT2D eigenvalue weighted by molar-refractivity contribution is 0.0889. The molecule has 0 aliphatic heterocycles. The van der Waals surface area contributed by atoms with Gasteiger partial charge in [-0.2, -0.15) is 0 Å². The van der Waals surface area contributed by atoms with Gasteiger partial charge < -0.3 is 15.3 Å². The van der Waals surface area contributed by atoms with Crippen molar-refractivity contribution in [2.24, 2.45) is 17.3 Å². The lowest BCUT2D eigenvalue weighted by Crippen LogP contribution is -2.46. The van der Waals surface area contributed by atoms with Gasteiger partial charge in [0.1, 0.15) is 0 Å². The van der Waals surface area contributed by atoms with Crippen LogP contribution in [0.1, 0.15) is 53.4 Å². The van der Waals surface area contributed by atoms with Crippen molar-refractivity contribution < 1.29 is 5.11 Å². The van der Waals surface area contributed by atoms with E-state index in [1.807, 2.05) is 0 Å². The van der Waals surface area contributed by atoms with Crippen LogP contribution in [0.3, 0.4) is 0 Å². The molecule has 3 nitrogen and oxygen atoms in total. The van der Waals surface area contributed by atoms with Crippen LogP contribution in [0.2, 0.25) is 0 Å². The molecule has 0 aromatic carbocycles. The molecule has 1 rings (SSSR count). The van der Waals surface area contributed by atoms with E-state index < -0.39 is 0 Å². The molecule has 20 heavy (non-hydrogen) atoms. The van der Waals surface area contributed by atoms with Crippen molar-refractivity contribution in [3.8, 4) is 0 Å². The first-order valence-corrected chi connectivity index (χ1v) is 8.42. The van der Waals surface area contributed by atoms with Gasteiger partial charge in [-0.15, -0.1) is 0 Å². The fourth-order valence-electron chi connectivity index (χ4n) is 3.64. The SMILES string of the molecule is CCN(CCCO)CC1CC(C(C)(C)C)CCC1NC. The van der Waals surface area contributed by atoms with Crippen LogP contribution in [0.25, 0.3) is 0 Å². The van der Waals surface area contributed by atoms with E-state index in [-0.39, 0.29) is 0 Å². The van der Waals surface area contributed by atoms with Gasteiger partial charge in [0.2, 0.25) is 0 Å². The quantitative estimate of drug-likeness (QED) is 0.754. The van der Waals surface area contributed by atoms with E-state index in [0.29, 0.717) is 18.1 Å². The first kappa shape index (κ1) is 17.9. The topological polar surface area (TPSA) is 35.5 Å². The molecule has 3 heteroatoms. The molecule has 0 amide bonds. The minimum Gasteiger partial charge on any atom is -0.396 e. The van der Waals surface area contributed by atoms with Gasteiger partial charge in [0.05, 0.1) is 0 Å². The molecular formula is C17H36N2O. The van der Waals surface area contributed by atoms with E-state index >= 15 is 0 Å². The molecule has 2 N–H and O–H groups in total. The zero-order chi connectivity index (χ0) is 15.2. The Morgan fingerprint density at radius 3 is 2.45 bits per heavy atom. The van der Waals surface area contributed by atoms with E-state index in [4.69, 9.17) is 5.11 Å². The standard InChI is InChI=1S/C17H36N2O/c1-6-19(10-7-11-20)13-14-12-15(17(2,3)4)8-9-16(14)18-5/h14-16,18,20H,6-13H2,1-5H3. The highest BCUT2D eigenvalue weighted by Gasteiger charge is 2.35. The summed E-state index contributed by atoms with van der Waals surface area (Å²) < 4.78 is 0. The number of nitrogens with zero attached hydrogens (tertiary/aromatic N) is 1. The molecule has 1 saturated carbocycles. The van der Waals surface area contributed by atoms with Crippen LogP contribution in [0, 0.1) is 17.3 Å². The summed E-state index contributed by atoms with van der Waals surface area (Å²) in [7, 11) is 2.11.